The van der Waals surface area contributed by atoms with Gasteiger partial charge in [-0.3, -0.25) is 4.79 Å². The van der Waals surface area contributed by atoms with Crippen molar-refractivity contribution in [2.24, 2.45) is 0 Å². The zero-order valence-corrected chi connectivity index (χ0v) is 15.8. The van der Waals surface area contributed by atoms with Crippen LogP contribution in [0.1, 0.15) is 28.4 Å². The van der Waals surface area contributed by atoms with Crippen molar-refractivity contribution in [2.45, 2.75) is 6.92 Å². The van der Waals surface area contributed by atoms with E-state index in [9.17, 15) is 9.59 Å². The van der Waals surface area contributed by atoms with Gasteiger partial charge in [-0.25, -0.2) is 9.78 Å². The monoisotopic (exact) mass is 392 g/mol. The largest absolute Gasteiger partial charge is 0.423 e. The van der Waals surface area contributed by atoms with Gasteiger partial charge in [-0.05, 0) is 59.7 Å². The Morgan fingerprint density at radius 2 is 1.64 bits per heavy atom. The number of ether oxygens (including phenoxy) is 1. The highest BCUT2D eigenvalue weighted by molar-refractivity contribution is 6.30. The van der Waals surface area contributed by atoms with Crippen LogP contribution in [0.25, 0.3) is 12.2 Å². The number of hydrogen-bond acceptors (Lipinski definition) is 4. The SMILES string of the molecule is CC(=O)Nc1cc(/C=C/c2ccc(OC(=O)c3ccc(Cl)cc3)cc2)ccn1. The van der Waals surface area contributed by atoms with Gasteiger partial charge >= 0.3 is 5.97 Å². The number of carbonyl (C=O) groups excluding carboxylic acids is 2. The third-order valence-electron chi connectivity index (χ3n) is 3.73. The van der Waals surface area contributed by atoms with Crippen LogP contribution >= 0.6 is 11.6 Å². The lowest BCUT2D eigenvalue weighted by atomic mass is 10.1. The molecule has 1 amide bonds. The van der Waals surface area contributed by atoms with E-state index in [0.717, 1.165) is 11.1 Å². The molecule has 2 aromatic carbocycles. The summed E-state index contributed by atoms with van der Waals surface area (Å²) in [5, 5.41) is 3.21. The summed E-state index contributed by atoms with van der Waals surface area (Å²) in [4.78, 5) is 27.3. The predicted octanol–water partition coefficient (Wildman–Crippen LogP) is 5.08. The van der Waals surface area contributed by atoms with E-state index in [1.165, 1.54) is 6.92 Å². The van der Waals surface area contributed by atoms with Crippen molar-refractivity contribution >= 4 is 41.4 Å². The molecule has 1 N–H and O–H groups in total. The molecule has 0 aliphatic heterocycles. The Kier molecular flexibility index (Phi) is 6.19. The lowest BCUT2D eigenvalue weighted by Crippen LogP contribution is -2.08. The quantitative estimate of drug-likeness (QED) is 0.485. The van der Waals surface area contributed by atoms with Gasteiger partial charge in [-0.15, -0.1) is 0 Å². The van der Waals surface area contributed by atoms with Crippen LogP contribution in [0.3, 0.4) is 0 Å². The number of rotatable bonds is 5. The minimum atomic E-state index is -0.442. The Morgan fingerprint density at radius 1 is 0.964 bits per heavy atom. The number of anilines is 1. The summed E-state index contributed by atoms with van der Waals surface area (Å²) in [7, 11) is 0. The summed E-state index contributed by atoms with van der Waals surface area (Å²) in [6.07, 6.45) is 5.45. The molecule has 0 aliphatic carbocycles. The summed E-state index contributed by atoms with van der Waals surface area (Å²) >= 11 is 5.82. The van der Waals surface area contributed by atoms with Crippen molar-refractivity contribution < 1.29 is 14.3 Å². The summed E-state index contributed by atoms with van der Waals surface area (Å²) in [5.41, 5.74) is 2.27. The number of halogens is 1. The first kappa shape index (κ1) is 19.3. The molecule has 0 saturated heterocycles. The number of nitrogens with one attached hydrogen (secondary N) is 1. The zero-order valence-electron chi connectivity index (χ0n) is 15.1. The summed E-state index contributed by atoms with van der Waals surface area (Å²) in [5.74, 6) is 0.340. The fraction of sp³-hybridized carbons (Fsp3) is 0.0455. The molecule has 3 aromatic rings. The summed E-state index contributed by atoms with van der Waals surface area (Å²) < 4.78 is 5.36. The molecule has 0 atom stereocenters. The van der Waals surface area contributed by atoms with E-state index < -0.39 is 5.97 Å². The Balaban J connectivity index is 1.64. The van der Waals surface area contributed by atoms with E-state index in [1.807, 2.05) is 30.4 Å². The second-order valence-corrected chi connectivity index (χ2v) is 6.39. The molecule has 0 saturated carbocycles. The smallest absolute Gasteiger partial charge is 0.343 e. The van der Waals surface area contributed by atoms with Gasteiger partial charge in [0.2, 0.25) is 5.91 Å². The van der Waals surface area contributed by atoms with Gasteiger partial charge in [0.25, 0.3) is 0 Å². The highest BCUT2D eigenvalue weighted by atomic mass is 35.5. The van der Waals surface area contributed by atoms with E-state index in [2.05, 4.69) is 10.3 Å². The van der Waals surface area contributed by atoms with Gasteiger partial charge < -0.3 is 10.1 Å². The first-order valence-corrected chi connectivity index (χ1v) is 8.87. The Morgan fingerprint density at radius 3 is 2.32 bits per heavy atom. The minimum absolute atomic E-state index is 0.169. The molecule has 0 fully saturated rings. The zero-order chi connectivity index (χ0) is 19.9. The molecule has 140 valence electrons. The average molecular weight is 393 g/mol. The van der Waals surface area contributed by atoms with Crippen molar-refractivity contribution in [1.29, 1.82) is 0 Å². The molecule has 0 aliphatic rings. The van der Waals surface area contributed by atoms with Crippen LogP contribution in [0.15, 0.2) is 66.9 Å². The first-order chi connectivity index (χ1) is 13.5. The lowest BCUT2D eigenvalue weighted by molar-refractivity contribution is -0.114. The Bertz CT molecular complexity index is 1010. The van der Waals surface area contributed by atoms with Gasteiger partial charge in [-0.1, -0.05) is 35.9 Å². The fourth-order valence-electron chi connectivity index (χ4n) is 2.39. The molecular formula is C22H17ClN2O3. The van der Waals surface area contributed by atoms with Crippen LogP contribution in [0, 0.1) is 0 Å². The number of benzene rings is 2. The van der Waals surface area contributed by atoms with Crippen LogP contribution in [0.4, 0.5) is 5.82 Å². The number of aromatic nitrogens is 1. The van der Waals surface area contributed by atoms with Crippen molar-refractivity contribution in [3.8, 4) is 5.75 Å². The summed E-state index contributed by atoms with van der Waals surface area (Å²) in [6.45, 7) is 1.44. The Hall–Kier alpha value is -3.44. The first-order valence-electron chi connectivity index (χ1n) is 8.49. The number of amides is 1. The molecular weight excluding hydrogens is 376 g/mol. The number of nitrogens with zero attached hydrogens (tertiary/aromatic N) is 1. The molecule has 1 heterocycles. The van der Waals surface area contributed by atoms with Crippen molar-refractivity contribution in [3.63, 3.8) is 0 Å². The van der Waals surface area contributed by atoms with Crippen LogP contribution in [-0.2, 0) is 4.79 Å². The number of esters is 1. The maximum absolute atomic E-state index is 12.1. The van der Waals surface area contributed by atoms with Crippen molar-refractivity contribution in [2.75, 3.05) is 5.32 Å². The second-order valence-electron chi connectivity index (χ2n) is 5.95. The van der Waals surface area contributed by atoms with Gasteiger partial charge in [-0.2, -0.15) is 0 Å². The van der Waals surface area contributed by atoms with E-state index in [0.29, 0.717) is 22.2 Å². The molecule has 28 heavy (non-hydrogen) atoms. The molecule has 0 radical (unpaired) electrons. The van der Waals surface area contributed by atoms with Crippen LogP contribution in [-0.4, -0.2) is 16.9 Å². The molecule has 5 nitrogen and oxygen atoms in total. The summed E-state index contributed by atoms with van der Waals surface area (Å²) in [6, 6.07) is 17.3. The molecule has 0 unspecified atom stereocenters. The van der Waals surface area contributed by atoms with Gasteiger partial charge in [0.1, 0.15) is 11.6 Å². The number of carbonyl (C=O) groups is 2. The minimum Gasteiger partial charge on any atom is -0.423 e. The van der Waals surface area contributed by atoms with E-state index in [1.54, 1.807) is 48.7 Å². The highest BCUT2D eigenvalue weighted by Gasteiger charge is 2.08. The fourth-order valence-corrected chi connectivity index (χ4v) is 2.52. The third-order valence-corrected chi connectivity index (χ3v) is 3.98. The van der Waals surface area contributed by atoms with Crippen molar-refractivity contribution in [3.05, 3.63) is 88.6 Å². The molecule has 1 aromatic heterocycles. The van der Waals surface area contributed by atoms with Crippen molar-refractivity contribution in [1.82, 2.24) is 4.98 Å². The second kappa shape index (κ2) is 8.97. The lowest BCUT2D eigenvalue weighted by Gasteiger charge is -2.05. The normalized spacial score (nSPS) is 10.6. The topological polar surface area (TPSA) is 68.3 Å². The predicted molar refractivity (Wildman–Crippen MR) is 110 cm³/mol. The van der Waals surface area contributed by atoms with Gasteiger partial charge in [0.15, 0.2) is 0 Å². The van der Waals surface area contributed by atoms with Gasteiger partial charge in [0.05, 0.1) is 5.56 Å². The molecule has 6 heteroatoms. The number of hydrogen-bond donors (Lipinski definition) is 1. The molecule has 0 bridgehead atoms. The van der Waals surface area contributed by atoms with E-state index in [-0.39, 0.29) is 5.91 Å². The van der Waals surface area contributed by atoms with Crippen LogP contribution < -0.4 is 10.1 Å². The average Bonchev–Trinajstić information content (AvgIpc) is 2.68. The third kappa shape index (κ3) is 5.53. The highest BCUT2D eigenvalue weighted by Crippen LogP contribution is 2.17. The maximum Gasteiger partial charge on any atom is 0.343 e. The van der Waals surface area contributed by atoms with Gasteiger partial charge in [0, 0.05) is 18.1 Å². The van der Waals surface area contributed by atoms with E-state index in [4.69, 9.17) is 16.3 Å². The molecule has 3 rings (SSSR count). The Labute approximate surface area is 167 Å². The maximum atomic E-state index is 12.1. The van der Waals surface area contributed by atoms with Crippen LogP contribution in [0.2, 0.25) is 5.02 Å². The number of pyridine rings is 1. The molecule has 0 spiro atoms. The van der Waals surface area contributed by atoms with Crippen LogP contribution in [0.5, 0.6) is 5.75 Å². The van der Waals surface area contributed by atoms with E-state index >= 15 is 0 Å². The standard InChI is InChI=1S/C22H17ClN2O3/c1-15(26)25-21-14-17(12-13-24-21)3-2-16-4-10-20(11-5-16)28-22(27)18-6-8-19(23)9-7-18/h2-14H,1H3,(H,24,25,26)/b3-2+.